The number of benzene rings is 1. The minimum atomic E-state index is -3.45. The lowest BCUT2D eigenvalue weighted by Crippen LogP contribution is -2.29. The molecule has 7 heteroatoms. The van der Waals surface area contributed by atoms with Crippen LogP contribution in [-0.2, 0) is 9.84 Å². The van der Waals surface area contributed by atoms with E-state index in [-0.39, 0.29) is 16.6 Å². The van der Waals surface area contributed by atoms with Crippen LogP contribution in [0.3, 0.4) is 0 Å². The molecule has 0 bridgehead atoms. The summed E-state index contributed by atoms with van der Waals surface area (Å²) in [5.41, 5.74) is 0.355. The van der Waals surface area contributed by atoms with Crippen LogP contribution in [-0.4, -0.2) is 32.2 Å². The summed E-state index contributed by atoms with van der Waals surface area (Å²) in [6.45, 7) is 4.90. The first kappa shape index (κ1) is 14.8. The van der Waals surface area contributed by atoms with Gasteiger partial charge in [-0.25, -0.2) is 8.42 Å². The summed E-state index contributed by atoms with van der Waals surface area (Å²) >= 11 is 0. The van der Waals surface area contributed by atoms with E-state index < -0.39 is 14.8 Å². The maximum Gasteiger partial charge on any atom is 0.293 e. The first-order chi connectivity index (χ1) is 9.21. The van der Waals surface area contributed by atoms with Gasteiger partial charge in [-0.05, 0) is 31.4 Å². The molecule has 1 aliphatic rings. The highest BCUT2D eigenvalue weighted by Gasteiger charge is 2.32. The van der Waals surface area contributed by atoms with Crippen molar-refractivity contribution in [3.05, 3.63) is 28.3 Å². The Balaban J connectivity index is 2.52. The van der Waals surface area contributed by atoms with Crippen LogP contribution in [0, 0.1) is 16.0 Å². The van der Waals surface area contributed by atoms with E-state index in [2.05, 4.69) is 6.92 Å². The zero-order chi connectivity index (χ0) is 15.1. The zero-order valence-corrected chi connectivity index (χ0v) is 12.6. The van der Waals surface area contributed by atoms with Gasteiger partial charge in [0.2, 0.25) is 0 Å². The second kappa shape index (κ2) is 5.05. The molecule has 110 valence electrons. The fourth-order valence-electron chi connectivity index (χ4n) is 2.56. The second-order valence-electron chi connectivity index (χ2n) is 5.38. The van der Waals surface area contributed by atoms with E-state index in [9.17, 15) is 18.5 Å². The Kier molecular flexibility index (Phi) is 3.73. The molecule has 0 N–H and O–H groups in total. The Morgan fingerprint density at radius 2 is 2.00 bits per heavy atom. The van der Waals surface area contributed by atoms with E-state index in [1.165, 1.54) is 6.07 Å². The molecule has 1 saturated heterocycles. The third-order valence-electron chi connectivity index (χ3n) is 4.02. The predicted octanol–water partition coefficient (Wildman–Crippen LogP) is 2.23. The van der Waals surface area contributed by atoms with Crippen molar-refractivity contribution in [1.29, 1.82) is 0 Å². The number of rotatable bonds is 3. The summed E-state index contributed by atoms with van der Waals surface area (Å²) in [5, 5.41) is 11.2. The SMILES string of the molecule is CC1CCN(c2ccc(S(C)(=O)=O)cc2[N+](=O)[O-])C1C. The number of anilines is 1. The van der Waals surface area contributed by atoms with Crippen molar-refractivity contribution in [3.63, 3.8) is 0 Å². The van der Waals surface area contributed by atoms with Crippen molar-refractivity contribution in [2.45, 2.75) is 31.2 Å². The second-order valence-corrected chi connectivity index (χ2v) is 7.40. The fraction of sp³-hybridized carbons (Fsp3) is 0.538. The van der Waals surface area contributed by atoms with Gasteiger partial charge in [0.1, 0.15) is 5.69 Å². The minimum Gasteiger partial charge on any atom is -0.363 e. The summed E-state index contributed by atoms with van der Waals surface area (Å²) in [5.74, 6) is 0.462. The molecule has 1 heterocycles. The van der Waals surface area contributed by atoms with Gasteiger partial charge in [-0.15, -0.1) is 0 Å². The van der Waals surface area contributed by atoms with Crippen molar-refractivity contribution >= 4 is 21.2 Å². The lowest BCUT2D eigenvalue weighted by atomic mass is 10.0. The predicted molar refractivity (Wildman–Crippen MR) is 76.8 cm³/mol. The van der Waals surface area contributed by atoms with Crippen LogP contribution in [0.5, 0.6) is 0 Å². The molecule has 2 atom stereocenters. The van der Waals surface area contributed by atoms with Crippen LogP contribution in [0.15, 0.2) is 23.1 Å². The largest absolute Gasteiger partial charge is 0.363 e. The quantitative estimate of drug-likeness (QED) is 0.631. The third kappa shape index (κ3) is 2.63. The molecule has 0 saturated carbocycles. The minimum absolute atomic E-state index is 0.0205. The van der Waals surface area contributed by atoms with Gasteiger partial charge in [-0.3, -0.25) is 10.1 Å². The molecule has 0 spiro atoms. The summed E-state index contributed by atoms with van der Waals surface area (Å²) < 4.78 is 23.0. The Labute approximate surface area is 118 Å². The molecule has 0 radical (unpaired) electrons. The van der Waals surface area contributed by atoms with Crippen LogP contribution in [0.2, 0.25) is 0 Å². The van der Waals surface area contributed by atoms with Gasteiger partial charge in [-0.1, -0.05) is 6.92 Å². The number of sulfone groups is 1. The van der Waals surface area contributed by atoms with Crippen molar-refractivity contribution in [2.75, 3.05) is 17.7 Å². The molecule has 1 aliphatic heterocycles. The third-order valence-corrected chi connectivity index (χ3v) is 5.13. The smallest absolute Gasteiger partial charge is 0.293 e. The molecule has 2 rings (SSSR count). The maximum absolute atomic E-state index is 11.5. The van der Waals surface area contributed by atoms with E-state index in [1.54, 1.807) is 6.07 Å². The fourth-order valence-corrected chi connectivity index (χ4v) is 3.20. The molecule has 0 aromatic heterocycles. The topological polar surface area (TPSA) is 80.5 Å². The van der Waals surface area contributed by atoms with Crippen LogP contribution in [0.4, 0.5) is 11.4 Å². The van der Waals surface area contributed by atoms with E-state index in [0.29, 0.717) is 11.6 Å². The molecule has 0 aliphatic carbocycles. The van der Waals surface area contributed by atoms with Gasteiger partial charge in [0, 0.05) is 24.9 Å². The van der Waals surface area contributed by atoms with E-state index in [1.807, 2.05) is 11.8 Å². The summed E-state index contributed by atoms with van der Waals surface area (Å²) in [6, 6.07) is 4.34. The highest BCUT2D eigenvalue weighted by atomic mass is 32.2. The Hall–Kier alpha value is -1.63. The number of nitro benzene ring substituents is 1. The average Bonchev–Trinajstić information content (AvgIpc) is 2.68. The van der Waals surface area contributed by atoms with E-state index >= 15 is 0 Å². The number of hydrogen-bond acceptors (Lipinski definition) is 5. The van der Waals surface area contributed by atoms with Gasteiger partial charge < -0.3 is 4.90 Å². The molecule has 1 aromatic carbocycles. The summed E-state index contributed by atoms with van der Waals surface area (Å²) in [7, 11) is -3.45. The van der Waals surface area contributed by atoms with Crippen LogP contribution in [0.1, 0.15) is 20.3 Å². The van der Waals surface area contributed by atoms with Crippen LogP contribution < -0.4 is 4.90 Å². The van der Waals surface area contributed by atoms with Crippen molar-refractivity contribution in [2.24, 2.45) is 5.92 Å². The number of hydrogen-bond donors (Lipinski definition) is 0. The van der Waals surface area contributed by atoms with Gasteiger partial charge >= 0.3 is 0 Å². The molecule has 20 heavy (non-hydrogen) atoms. The van der Waals surface area contributed by atoms with Crippen LogP contribution >= 0.6 is 0 Å². The van der Waals surface area contributed by atoms with Crippen LogP contribution in [0.25, 0.3) is 0 Å². The highest BCUT2D eigenvalue weighted by molar-refractivity contribution is 7.90. The normalized spacial score (nSPS) is 23.1. The van der Waals surface area contributed by atoms with Gasteiger partial charge in [0.15, 0.2) is 9.84 Å². The molecule has 0 amide bonds. The Morgan fingerprint density at radius 1 is 1.35 bits per heavy atom. The zero-order valence-electron chi connectivity index (χ0n) is 11.7. The van der Waals surface area contributed by atoms with Gasteiger partial charge in [-0.2, -0.15) is 0 Å². The summed E-state index contributed by atoms with van der Waals surface area (Å²) in [4.78, 5) is 12.7. The van der Waals surface area contributed by atoms with Crippen molar-refractivity contribution in [1.82, 2.24) is 0 Å². The molecule has 2 unspecified atom stereocenters. The first-order valence-electron chi connectivity index (χ1n) is 6.47. The molecular formula is C13H18N2O4S. The van der Waals surface area contributed by atoms with E-state index in [0.717, 1.165) is 25.3 Å². The van der Waals surface area contributed by atoms with Crippen molar-refractivity contribution < 1.29 is 13.3 Å². The van der Waals surface area contributed by atoms with E-state index in [4.69, 9.17) is 0 Å². The lowest BCUT2D eigenvalue weighted by molar-refractivity contribution is -0.384. The molecule has 1 aromatic rings. The Morgan fingerprint density at radius 3 is 2.45 bits per heavy atom. The highest BCUT2D eigenvalue weighted by Crippen LogP contribution is 2.36. The average molecular weight is 298 g/mol. The number of nitro groups is 1. The summed E-state index contributed by atoms with van der Waals surface area (Å²) in [6.07, 6.45) is 2.03. The maximum atomic E-state index is 11.5. The standard InChI is InChI=1S/C13H18N2O4S/c1-9-6-7-14(10(9)2)12-5-4-11(20(3,18)19)8-13(12)15(16)17/h4-5,8-10H,6-7H2,1-3H3. The first-order valence-corrected chi connectivity index (χ1v) is 8.36. The van der Waals surface area contributed by atoms with Crippen molar-refractivity contribution in [3.8, 4) is 0 Å². The number of nitrogens with zero attached hydrogens (tertiary/aromatic N) is 2. The molecule has 1 fully saturated rings. The monoisotopic (exact) mass is 298 g/mol. The molecule has 6 nitrogen and oxygen atoms in total. The van der Waals surface area contributed by atoms with Gasteiger partial charge in [0.25, 0.3) is 5.69 Å². The lowest BCUT2D eigenvalue weighted by Gasteiger charge is -2.25. The Bertz CT molecular complexity index is 642. The molecular weight excluding hydrogens is 280 g/mol. The van der Waals surface area contributed by atoms with Gasteiger partial charge in [0.05, 0.1) is 9.82 Å².